The van der Waals surface area contributed by atoms with Crippen LogP contribution in [-0.4, -0.2) is 24.1 Å². The standard InChI is InChI=1S/C58H39N5/c1-58(2)49-34-38(29-30-43(49)48-31-28-36-16-6-7-19-42(36)54(48)58)56-59-55(37-17-4-3-5-18-37)60-57(61-56)39-32-40(62-50-24-12-8-20-44(50)45-21-9-13-25-51(45)62)35-41(33-39)63-52-26-14-10-22-46(52)47-23-11-15-27-53(47)63/h3-35H,1-2H3. The zero-order chi connectivity index (χ0) is 41.8. The second-order valence-electron chi connectivity index (χ2n) is 17.2. The van der Waals surface area contributed by atoms with Gasteiger partial charge in [-0.15, -0.1) is 0 Å². The van der Waals surface area contributed by atoms with Gasteiger partial charge >= 0.3 is 0 Å². The Labute approximate surface area is 364 Å². The molecule has 296 valence electrons. The number of aromatic nitrogens is 5. The first-order valence-corrected chi connectivity index (χ1v) is 21.6. The topological polar surface area (TPSA) is 48.5 Å². The molecule has 0 fully saturated rings. The summed E-state index contributed by atoms with van der Waals surface area (Å²) in [7, 11) is 0. The molecule has 63 heavy (non-hydrogen) atoms. The summed E-state index contributed by atoms with van der Waals surface area (Å²) in [5.41, 5.74) is 14.4. The van der Waals surface area contributed by atoms with Crippen LogP contribution in [0.1, 0.15) is 25.0 Å². The Morgan fingerprint density at radius 2 is 0.794 bits per heavy atom. The molecular formula is C58H39N5. The van der Waals surface area contributed by atoms with E-state index in [-0.39, 0.29) is 5.41 Å². The van der Waals surface area contributed by atoms with Gasteiger partial charge in [-0.05, 0) is 81.6 Å². The van der Waals surface area contributed by atoms with E-state index in [0.717, 1.165) is 50.1 Å². The average molecular weight is 806 g/mol. The molecule has 0 saturated carbocycles. The molecule has 1 aliphatic carbocycles. The molecule has 0 saturated heterocycles. The van der Waals surface area contributed by atoms with Crippen LogP contribution in [0.4, 0.5) is 0 Å². The third-order valence-corrected chi connectivity index (χ3v) is 13.3. The van der Waals surface area contributed by atoms with E-state index in [1.807, 2.05) is 18.2 Å². The van der Waals surface area contributed by atoms with Crippen LogP contribution in [0.15, 0.2) is 200 Å². The van der Waals surface area contributed by atoms with Crippen molar-refractivity contribution in [1.29, 1.82) is 0 Å². The lowest BCUT2D eigenvalue weighted by Crippen LogP contribution is -2.15. The van der Waals surface area contributed by atoms with Crippen LogP contribution in [0.25, 0.3) is 111 Å². The van der Waals surface area contributed by atoms with Crippen LogP contribution in [0.5, 0.6) is 0 Å². The largest absolute Gasteiger partial charge is 0.309 e. The van der Waals surface area contributed by atoms with E-state index in [1.165, 1.54) is 54.6 Å². The van der Waals surface area contributed by atoms with Crippen molar-refractivity contribution in [2.45, 2.75) is 19.3 Å². The maximum atomic E-state index is 5.43. The van der Waals surface area contributed by atoms with Gasteiger partial charge in [-0.2, -0.15) is 0 Å². The number of rotatable bonds is 5. The number of para-hydroxylation sites is 4. The van der Waals surface area contributed by atoms with Crippen LogP contribution in [0.3, 0.4) is 0 Å². The van der Waals surface area contributed by atoms with Crippen LogP contribution in [-0.2, 0) is 5.41 Å². The van der Waals surface area contributed by atoms with E-state index in [9.17, 15) is 0 Å². The van der Waals surface area contributed by atoms with Crippen molar-refractivity contribution in [2.75, 3.05) is 0 Å². The molecule has 0 aliphatic heterocycles. The van der Waals surface area contributed by atoms with E-state index in [4.69, 9.17) is 15.0 Å². The van der Waals surface area contributed by atoms with Crippen LogP contribution < -0.4 is 0 Å². The van der Waals surface area contributed by atoms with Gasteiger partial charge in [0.2, 0.25) is 0 Å². The summed E-state index contributed by atoms with van der Waals surface area (Å²) in [5.74, 6) is 1.88. The summed E-state index contributed by atoms with van der Waals surface area (Å²) >= 11 is 0. The van der Waals surface area contributed by atoms with Crippen molar-refractivity contribution < 1.29 is 0 Å². The molecule has 0 bridgehead atoms. The maximum absolute atomic E-state index is 5.43. The van der Waals surface area contributed by atoms with E-state index in [1.54, 1.807) is 0 Å². The molecule has 9 aromatic carbocycles. The predicted octanol–water partition coefficient (Wildman–Crippen LogP) is 14.5. The highest BCUT2D eigenvalue weighted by atomic mass is 15.0. The van der Waals surface area contributed by atoms with Gasteiger partial charge < -0.3 is 9.13 Å². The lowest BCUT2D eigenvalue weighted by Gasteiger charge is -2.23. The van der Waals surface area contributed by atoms with Crippen molar-refractivity contribution in [3.63, 3.8) is 0 Å². The Kier molecular flexibility index (Phi) is 7.58. The lowest BCUT2D eigenvalue weighted by molar-refractivity contribution is 0.666. The molecule has 0 atom stereocenters. The highest BCUT2D eigenvalue weighted by Crippen LogP contribution is 2.52. The fraction of sp³-hybridized carbons (Fsp3) is 0.0517. The Bertz CT molecular complexity index is 3600. The number of benzene rings is 9. The molecule has 3 heterocycles. The third-order valence-electron chi connectivity index (χ3n) is 13.3. The molecule has 5 heteroatoms. The van der Waals surface area contributed by atoms with Crippen molar-refractivity contribution in [3.05, 3.63) is 211 Å². The van der Waals surface area contributed by atoms with Gasteiger partial charge in [0.05, 0.1) is 22.1 Å². The summed E-state index contributed by atoms with van der Waals surface area (Å²) in [6.45, 7) is 4.69. The maximum Gasteiger partial charge on any atom is 0.164 e. The second kappa shape index (κ2) is 13.4. The fourth-order valence-corrected chi connectivity index (χ4v) is 10.5. The number of hydrogen-bond donors (Lipinski definition) is 0. The second-order valence-corrected chi connectivity index (χ2v) is 17.2. The van der Waals surface area contributed by atoms with Gasteiger partial charge in [0.15, 0.2) is 17.5 Å². The first-order valence-electron chi connectivity index (χ1n) is 21.6. The van der Waals surface area contributed by atoms with Gasteiger partial charge in [0, 0.05) is 55.0 Å². The van der Waals surface area contributed by atoms with Crippen molar-refractivity contribution in [3.8, 4) is 56.7 Å². The summed E-state index contributed by atoms with van der Waals surface area (Å²) in [6, 6.07) is 71.8. The van der Waals surface area contributed by atoms with E-state index in [2.05, 4.69) is 205 Å². The summed E-state index contributed by atoms with van der Waals surface area (Å²) in [5, 5.41) is 7.39. The Morgan fingerprint density at radius 3 is 1.35 bits per heavy atom. The minimum atomic E-state index is -0.229. The molecule has 0 N–H and O–H groups in total. The molecule has 13 rings (SSSR count). The smallest absolute Gasteiger partial charge is 0.164 e. The Balaban J connectivity index is 1.07. The quantitative estimate of drug-likeness (QED) is 0.174. The van der Waals surface area contributed by atoms with Crippen LogP contribution in [0.2, 0.25) is 0 Å². The normalized spacial score (nSPS) is 13.0. The van der Waals surface area contributed by atoms with Gasteiger partial charge in [-0.1, -0.05) is 166 Å². The lowest BCUT2D eigenvalue weighted by atomic mass is 9.80. The molecule has 0 spiro atoms. The first kappa shape index (κ1) is 35.6. The van der Waals surface area contributed by atoms with Crippen LogP contribution in [0, 0.1) is 0 Å². The minimum absolute atomic E-state index is 0.229. The van der Waals surface area contributed by atoms with E-state index in [0.29, 0.717) is 17.5 Å². The summed E-state index contributed by atoms with van der Waals surface area (Å²) in [6.07, 6.45) is 0. The SMILES string of the molecule is CC1(C)c2cc(-c3nc(-c4ccccc4)nc(-c4cc(-n5c6ccccc6c6ccccc65)cc(-n5c6ccccc6c6ccccc65)c4)n3)ccc2-c2ccc3ccccc3c21. The molecular weight excluding hydrogens is 767 g/mol. The van der Waals surface area contributed by atoms with Crippen molar-refractivity contribution in [2.24, 2.45) is 0 Å². The zero-order valence-corrected chi connectivity index (χ0v) is 34.8. The average Bonchev–Trinajstić information content (AvgIpc) is 3.94. The van der Waals surface area contributed by atoms with Gasteiger partial charge in [0.25, 0.3) is 0 Å². The van der Waals surface area contributed by atoms with E-state index < -0.39 is 0 Å². The van der Waals surface area contributed by atoms with Crippen LogP contribution >= 0.6 is 0 Å². The third kappa shape index (κ3) is 5.33. The number of hydrogen-bond acceptors (Lipinski definition) is 3. The molecule has 1 aliphatic rings. The number of fused-ring (bicyclic) bond motifs is 11. The van der Waals surface area contributed by atoms with Gasteiger partial charge in [-0.3, -0.25) is 0 Å². The highest BCUT2D eigenvalue weighted by Gasteiger charge is 2.37. The van der Waals surface area contributed by atoms with Gasteiger partial charge in [-0.25, -0.2) is 15.0 Å². The minimum Gasteiger partial charge on any atom is -0.309 e. The van der Waals surface area contributed by atoms with Gasteiger partial charge in [0.1, 0.15) is 0 Å². The zero-order valence-electron chi connectivity index (χ0n) is 34.8. The summed E-state index contributed by atoms with van der Waals surface area (Å²) in [4.78, 5) is 16.0. The molecule has 0 amide bonds. The molecule has 0 radical (unpaired) electrons. The molecule has 12 aromatic rings. The highest BCUT2D eigenvalue weighted by molar-refractivity contribution is 6.11. The van der Waals surface area contributed by atoms with Crippen molar-refractivity contribution >= 4 is 54.4 Å². The Morgan fingerprint density at radius 1 is 0.349 bits per heavy atom. The van der Waals surface area contributed by atoms with Crippen molar-refractivity contribution in [1.82, 2.24) is 24.1 Å². The van der Waals surface area contributed by atoms with E-state index >= 15 is 0 Å². The molecule has 0 unspecified atom stereocenters. The number of nitrogens with zero attached hydrogens (tertiary/aromatic N) is 5. The Hall–Kier alpha value is -8.15. The molecule has 5 nitrogen and oxygen atoms in total. The molecule has 3 aromatic heterocycles. The summed E-state index contributed by atoms with van der Waals surface area (Å²) < 4.78 is 4.77. The monoisotopic (exact) mass is 805 g/mol. The first-order chi connectivity index (χ1) is 31.0. The predicted molar refractivity (Wildman–Crippen MR) is 260 cm³/mol. The fourth-order valence-electron chi connectivity index (χ4n) is 10.5.